The highest BCUT2D eigenvalue weighted by Gasteiger charge is 2.33. The van der Waals surface area contributed by atoms with Gasteiger partial charge in [0, 0.05) is 7.05 Å². The lowest BCUT2D eigenvalue weighted by atomic mass is 10.1. The van der Waals surface area contributed by atoms with Crippen molar-refractivity contribution >= 4 is 28.4 Å². The average molecular weight is 378 g/mol. The van der Waals surface area contributed by atoms with E-state index in [4.69, 9.17) is 4.74 Å². The Morgan fingerprint density at radius 1 is 1.18 bits per heavy atom. The number of aromatic nitrogens is 2. The van der Waals surface area contributed by atoms with Crippen molar-refractivity contribution in [3.8, 4) is 5.75 Å². The van der Waals surface area contributed by atoms with E-state index in [1.807, 2.05) is 0 Å². The zero-order valence-corrected chi connectivity index (χ0v) is 15.2. The first-order chi connectivity index (χ1) is 13.6. The summed E-state index contributed by atoms with van der Waals surface area (Å²) in [5.41, 5.74) is 0.852. The van der Waals surface area contributed by atoms with E-state index < -0.39 is 6.10 Å². The molecule has 1 aromatic heterocycles. The molecule has 28 heavy (non-hydrogen) atoms. The zero-order valence-electron chi connectivity index (χ0n) is 15.2. The van der Waals surface area contributed by atoms with E-state index in [9.17, 15) is 14.4 Å². The Kier molecular flexibility index (Phi) is 4.52. The summed E-state index contributed by atoms with van der Waals surface area (Å²) >= 11 is 0. The summed E-state index contributed by atoms with van der Waals surface area (Å²) in [7, 11) is 1.51. The van der Waals surface area contributed by atoms with Crippen LogP contribution in [-0.2, 0) is 16.1 Å². The van der Waals surface area contributed by atoms with Crippen LogP contribution >= 0.6 is 0 Å². The van der Waals surface area contributed by atoms with Crippen LogP contribution in [0.2, 0.25) is 0 Å². The number of fused-ring (bicyclic) bond motifs is 2. The number of amides is 2. The number of ether oxygens (including phenoxy) is 1. The summed E-state index contributed by atoms with van der Waals surface area (Å²) < 4.78 is 6.99. The highest BCUT2D eigenvalue weighted by atomic mass is 16.5. The summed E-state index contributed by atoms with van der Waals surface area (Å²) in [6.07, 6.45) is 0.542. The number of nitrogens with one attached hydrogen (secondary N) is 1. The first-order valence-corrected chi connectivity index (χ1v) is 8.80. The molecular formula is C20H18N4O4. The molecule has 142 valence electrons. The van der Waals surface area contributed by atoms with Crippen molar-refractivity contribution < 1.29 is 14.3 Å². The van der Waals surface area contributed by atoms with Gasteiger partial charge < -0.3 is 15.0 Å². The maximum atomic E-state index is 13.0. The third kappa shape index (κ3) is 3.09. The van der Waals surface area contributed by atoms with Crippen LogP contribution in [0.5, 0.6) is 5.75 Å². The first kappa shape index (κ1) is 17.7. The van der Waals surface area contributed by atoms with Gasteiger partial charge in [-0.15, -0.1) is 0 Å². The average Bonchev–Trinajstić information content (AvgIpc) is 2.74. The van der Waals surface area contributed by atoms with Gasteiger partial charge in [-0.05, 0) is 24.3 Å². The minimum absolute atomic E-state index is 0.0608. The highest BCUT2D eigenvalue weighted by Crippen LogP contribution is 2.33. The predicted octanol–water partition coefficient (Wildman–Crippen LogP) is 0.937. The topological polar surface area (TPSA) is 93.5 Å². The van der Waals surface area contributed by atoms with Gasteiger partial charge in [-0.1, -0.05) is 24.3 Å². The molecule has 2 amide bonds. The summed E-state index contributed by atoms with van der Waals surface area (Å²) in [5, 5.41) is 2.98. The number of rotatable bonds is 3. The van der Waals surface area contributed by atoms with Crippen molar-refractivity contribution in [2.75, 3.05) is 18.5 Å². The number of carbonyl (C=O) groups is 2. The minimum Gasteiger partial charge on any atom is -0.477 e. The summed E-state index contributed by atoms with van der Waals surface area (Å²) in [6, 6.07) is 14.0. The minimum atomic E-state index is -0.824. The normalized spacial score (nSPS) is 15.6. The summed E-state index contributed by atoms with van der Waals surface area (Å²) in [6.45, 7) is -0.128. The number of hydrogen-bond acceptors (Lipinski definition) is 5. The Morgan fingerprint density at radius 3 is 2.75 bits per heavy atom. The molecule has 1 atom stereocenters. The van der Waals surface area contributed by atoms with E-state index in [-0.39, 0.29) is 30.5 Å². The molecule has 1 aliphatic rings. The van der Waals surface area contributed by atoms with E-state index in [0.29, 0.717) is 22.3 Å². The van der Waals surface area contributed by atoms with Crippen LogP contribution in [0.25, 0.3) is 10.9 Å². The molecule has 0 saturated carbocycles. The maximum absolute atomic E-state index is 13.0. The molecule has 0 bridgehead atoms. The molecule has 0 unspecified atom stereocenters. The van der Waals surface area contributed by atoms with E-state index in [2.05, 4.69) is 10.3 Å². The van der Waals surface area contributed by atoms with Crippen molar-refractivity contribution in [2.45, 2.75) is 12.6 Å². The van der Waals surface area contributed by atoms with Gasteiger partial charge in [0.1, 0.15) is 12.3 Å². The second kappa shape index (κ2) is 7.15. The zero-order chi connectivity index (χ0) is 19.7. The SMILES string of the molecule is CNC(=O)[C@H]1CN(C(=O)Cn2cnc3ccccc3c2=O)c2ccccc2O1. The molecule has 2 heterocycles. The van der Waals surface area contributed by atoms with Crippen LogP contribution in [0, 0.1) is 0 Å². The third-order valence-electron chi connectivity index (χ3n) is 4.65. The Bertz CT molecular complexity index is 1120. The van der Waals surface area contributed by atoms with Gasteiger partial charge in [-0.25, -0.2) is 4.98 Å². The Hall–Kier alpha value is -3.68. The van der Waals surface area contributed by atoms with Crippen molar-refractivity contribution in [3.05, 3.63) is 65.2 Å². The van der Waals surface area contributed by atoms with Gasteiger partial charge in [0.15, 0.2) is 6.10 Å². The monoisotopic (exact) mass is 378 g/mol. The van der Waals surface area contributed by atoms with E-state index in [0.717, 1.165) is 0 Å². The van der Waals surface area contributed by atoms with Crippen LogP contribution in [0.1, 0.15) is 0 Å². The lowest BCUT2D eigenvalue weighted by Gasteiger charge is -2.34. The molecule has 0 aliphatic carbocycles. The smallest absolute Gasteiger partial charge is 0.262 e. The number of likely N-dealkylation sites (N-methyl/N-ethyl adjacent to an activating group) is 1. The molecule has 1 N–H and O–H groups in total. The molecule has 2 aromatic carbocycles. The number of para-hydroxylation sites is 3. The summed E-state index contributed by atoms with van der Waals surface area (Å²) in [4.78, 5) is 43.5. The first-order valence-electron chi connectivity index (χ1n) is 8.80. The molecule has 3 aromatic rings. The fraction of sp³-hybridized carbons (Fsp3) is 0.200. The van der Waals surface area contributed by atoms with Gasteiger partial charge in [0.2, 0.25) is 5.91 Å². The quantitative estimate of drug-likeness (QED) is 0.732. The van der Waals surface area contributed by atoms with Gasteiger partial charge in [-0.2, -0.15) is 0 Å². The largest absolute Gasteiger partial charge is 0.477 e. The molecule has 0 saturated heterocycles. The third-order valence-corrected chi connectivity index (χ3v) is 4.65. The standard InChI is InChI=1S/C20H18N4O4/c1-21-19(26)17-10-24(15-8-4-5-9-16(15)28-17)18(25)11-23-12-22-14-7-3-2-6-13(14)20(23)27/h2-9,12,17H,10-11H2,1H3,(H,21,26)/t17-/m1/s1. The van der Waals surface area contributed by atoms with Crippen LogP contribution in [0.3, 0.4) is 0 Å². The number of hydrogen-bond donors (Lipinski definition) is 1. The number of benzene rings is 2. The van der Waals surface area contributed by atoms with Gasteiger partial charge in [0.05, 0.1) is 29.5 Å². The molecule has 1 aliphatic heterocycles. The van der Waals surface area contributed by atoms with Crippen LogP contribution < -0.4 is 20.5 Å². The lowest BCUT2D eigenvalue weighted by Crippen LogP contribution is -2.51. The van der Waals surface area contributed by atoms with Crippen molar-refractivity contribution in [1.82, 2.24) is 14.9 Å². The van der Waals surface area contributed by atoms with Crippen LogP contribution in [-0.4, -0.2) is 41.1 Å². The second-order valence-corrected chi connectivity index (χ2v) is 6.39. The van der Waals surface area contributed by atoms with E-state index in [1.165, 1.54) is 22.8 Å². The molecule has 8 heteroatoms. The van der Waals surface area contributed by atoms with E-state index >= 15 is 0 Å². The number of anilines is 1. The lowest BCUT2D eigenvalue weighted by molar-refractivity contribution is -0.128. The van der Waals surface area contributed by atoms with E-state index in [1.54, 1.807) is 48.5 Å². The van der Waals surface area contributed by atoms with Crippen molar-refractivity contribution in [2.24, 2.45) is 0 Å². The van der Waals surface area contributed by atoms with Crippen molar-refractivity contribution in [3.63, 3.8) is 0 Å². The molecule has 0 spiro atoms. The predicted molar refractivity (Wildman–Crippen MR) is 103 cm³/mol. The van der Waals surface area contributed by atoms with Gasteiger partial charge >= 0.3 is 0 Å². The highest BCUT2D eigenvalue weighted by molar-refractivity contribution is 5.97. The Balaban J connectivity index is 1.66. The second-order valence-electron chi connectivity index (χ2n) is 6.39. The van der Waals surface area contributed by atoms with Gasteiger partial charge in [-0.3, -0.25) is 19.0 Å². The summed E-state index contributed by atoms with van der Waals surface area (Å²) in [5.74, 6) is -0.208. The fourth-order valence-corrected chi connectivity index (χ4v) is 3.22. The Labute approximate surface area is 160 Å². The molecule has 0 fully saturated rings. The van der Waals surface area contributed by atoms with Crippen LogP contribution in [0.15, 0.2) is 59.7 Å². The van der Waals surface area contributed by atoms with Gasteiger partial charge in [0.25, 0.3) is 11.5 Å². The maximum Gasteiger partial charge on any atom is 0.262 e. The number of carbonyl (C=O) groups excluding carboxylic acids is 2. The number of nitrogens with zero attached hydrogens (tertiary/aromatic N) is 3. The van der Waals surface area contributed by atoms with Crippen LogP contribution in [0.4, 0.5) is 5.69 Å². The molecular weight excluding hydrogens is 360 g/mol. The van der Waals surface area contributed by atoms with Crippen molar-refractivity contribution in [1.29, 1.82) is 0 Å². The molecule has 4 rings (SSSR count). The fourth-order valence-electron chi connectivity index (χ4n) is 3.22. The molecule has 0 radical (unpaired) electrons. The molecule has 8 nitrogen and oxygen atoms in total. The Morgan fingerprint density at radius 2 is 1.93 bits per heavy atom.